The van der Waals surface area contributed by atoms with E-state index in [9.17, 15) is 50.7 Å². The highest BCUT2D eigenvalue weighted by Gasteiger charge is 2.73. The van der Waals surface area contributed by atoms with Crippen molar-refractivity contribution in [2.24, 2.45) is 5.73 Å². The summed E-state index contributed by atoms with van der Waals surface area (Å²) in [4.78, 5) is 25.5. The lowest BCUT2D eigenvalue weighted by Gasteiger charge is -2.28. The van der Waals surface area contributed by atoms with E-state index < -0.39 is 79.8 Å². The summed E-state index contributed by atoms with van der Waals surface area (Å²) in [6.45, 7) is -0.407. The molecule has 214 valence electrons. The number of hydrogen-bond acceptors (Lipinski definition) is 9. The van der Waals surface area contributed by atoms with E-state index in [-0.39, 0.29) is 17.4 Å². The maximum Gasteiger partial charge on any atom is 0.460 e. The average Bonchev–Trinajstić information content (AvgIpc) is 3.52. The van der Waals surface area contributed by atoms with Gasteiger partial charge in [0.15, 0.2) is 0 Å². The van der Waals surface area contributed by atoms with E-state index in [0.717, 1.165) is 0 Å². The Bertz CT molecular complexity index is 1510. The minimum absolute atomic E-state index is 0.127. The lowest BCUT2D eigenvalue weighted by Crippen LogP contribution is -2.50. The van der Waals surface area contributed by atoms with E-state index in [0.29, 0.717) is 36.7 Å². The smallest absolute Gasteiger partial charge is 0.394 e. The monoisotopic (exact) mass is 599 g/mol. The molecular formula is C20H13F8N7O4S. The summed E-state index contributed by atoms with van der Waals surface area (Å²) in [5.74, 6) is -15.7. The van der Waals surface area contributed by atoms with Gasteiger partial charge in [-0.3, -0.25) is 19.9 Å². The second kappa shape index (κ2) is 9.61. The third kappa shape index (κ3) is 4.69. The van der Waals surface area contributed by atoms with E-state index in [1.54, 1.807) is 0 Å². The van der Waals surface area contributed by atoms with Crippen molar-refractivity contribution in [2.45, 2.75) is 46.5 Å². The first-order chi connectivity index (χ1) is 18.5. The maximum absolute atomic E-state index is 15.1. The van der Waals surface area contributed by atoms with Crippen molar-refractivity contribution in [1.82, 2.24) is 25.2 Å². The van der Waals surface area contributed by atoms with Crippen molar-refractivity contribution in [1.29, 1.82) is 0 Å². The van der Waals surface area contributed by atoms with Crippen molar-refractivity contribution >= 4 is 23.4 Å². The largest absolute Gasteiger partial charge is 0.460 e. The number of nitro benzene ring substituents is 1. The predicted molar refractivity (Wildman–Crippen MR) is 116 cm³/mol. The van der Waals surface area contributed by atoms with Crippen molar-refractivity contribution in [3.8, 4) is 11.3 Å². The minimum atomic E-state index is -6.70. The number of primary amides is 1. The molecule has 0 bridgehead atoms. The molecule has 0 spiro atoms. The number of tetrazole rings is 1. The number of aliphatic hydroxyl groups excluding tert-OH is 1. The molecular weight excluding hydrogens is 586 g/mol. The number of carbonyl (C=O) groups excluding carboxylic acids is 1. The maximum atomic E-state index is 15.1. The predicted octanol–water partition coefficient (Wildman–Crippen LogP) is 3.80. The van der Waals surface area contributed by atoms with Gasteiger partial charge >= 0.3 is 18.0 Å². The highest BCUT2D eigenvalue weighted by molar-refractivity contribution is 7.99. The topological polar surface area (TPSA) is 163 Å². The van der Waals surface area contributed by atoms with Crippen molar-refractivity contribution in [2.75, 3.05) is 6.61 Å². The second-order valence-electron chi connectivity index (χ2n) is 8.55. The highest BCUT2D eigenvalue weighted by atomic mass is 32.2. The third-order valence-electron chi connectivity index (χ3n) is 5.96. The van der Waals surface area contributed by atoms with Crippen molar-refractivity contribution in [3.05, 3.63) is 51.5 Å². The first-order valence-electron chi connectivity index (χ1n) is 10.7. The molecule has 1 aliphatic carbocycles. The first kappa shape index (κ1) is 29.1. The van der Waals surface area contributed by atoms with Crippen molar-refractivity contribution < 1.29 is 49.9 Å². The number of halogens is 8. The van der Waals surface area contributed by atoms with E-state index in [2.05, 4.69) is 20.5 Å². The fourth-order valence-electron chi connectivity index (χ4n) is 3.57. The number of alkyl halides is 7. The number of pyridine rings is 1. The number of amides is 1. The fourth-order valence-corrected chi connectivity index (χ4v) is 4.68. The lowest BCUT2D eigenvalue weighted by atomic mass is 10.0. The number of non-ortho nitro benzene ring substituents is 1. The molecule has 0 saturated heterocycles. The van der Waals surface area contributed by atoms with Crippen LogP contribution in [0.4, 0.5) is 40.8 Å². The van der Waals surface area contributed by atoms with Gasteiger partial charge in [-0.1, -0.05) is 0 Å². The Morgan fingerprint density at radius 3 is 2.33 bits per heavy atom. The highest BCUT2D eigenvalue weighted by Crippen LogP contribution is 2.52. The summed E-state index contributed by atoms with van der Waals surface area (Å²) in [5.41, 5.74) is -0.866. The van der Waals surface area contributed by atoms with Gasteiger partial charge in [-0.15, -0.1) is 5.10 Å². The van der Waals surface area contributed by atoms with Crippen LogP contribution in [0.3, 0.4) is 0 Å². The number of rotatable bonds is 9. The van der Waals surface area contributed by atoms with Gasteiger partial charge in [-0.05, 0) is 41.1 Å². The van der Waals surface area contributed by atoms with Crippen LogP contribution in [0.15, 0.2) is 34.4 Å². The van der Waals surface area contributed by atoms with Gasteiger partial charge in [0.25, 0.3) is 5.69 Å². The van der Waals surface area contributed by atoms with Crippen molar-refractivity contribution in [3.63, 3.8) is 0 Å². The molecule has 1 aliphatic rings. The standard InChI is InChI=1S/C20H13F8N7O4S/c21-12-3-8(18(22,23)19(24,25)20(26,27)28)6-30-13(12)10-4-9(35(38)39)5-11(15(29)37)14(10)40-16-31-32-33-34(16)17(7-36)1-2-17/h3-6,36H,1-2,7H2,(H2,29,37). The Morgan fingerprint density at radius 1 is 1.18 bits per heavy atom. The Balaban J connectivity index is 1.90. The summed E-state index contributed by atoms with van der Waals surface area (Å²) in [7, 11) is 0. The molecule has 0 atom stereocenters. The molecule has 0 radical (unpaired) electrons. The molecule has 1 fully saturated rings. The van der Waals surface area contributed by atoms with Gasteiger partial charge in [-0.25, -0.2) is 9.07 Å². The molecule has 1 amide bonds. The number of nitrogens with zero attached hydrogens (tertiary/aromatic N) is 6. The molecule has 1 saturated carbocycles. The molecule has 3 N–H and O–H groups in total. The van der Waals surface area contributed by atoms with Crippen LogP contribution in [-0.2, 0) is 11.5 Å². The molecule has 2 aromatic heterocycles. The molecule has 20 heteroatoms. The number of carbonyl (C=O) groups is 1. The number of aliphatic hydroxyl groups is 1. The molecule has 0 unspecified atom stereocenters. The van der Waals surface area contributed by atoms with Crippen LogP contribution in [0, 0.1) is 15.9 Å². The summed E-state index contributed by atoms with van der Waals surface area (Å²) >= 11 is 0.495. The summed E-state index contributed by atoms with van der Waals surface area (Å²) in [6, 6.07) is 1.01. The number of aromatic nitrogens is 5. The molecule has 40 heavy (non-hydrogen) atoms. The third-order valence-corrected chi connectivity index (χ3v) is 7.05. The quantitative estimate of drug-likeness (QED) is 0.212. The van der Waals surface area contributed by atoms with Crippen LogP contribution in [0.1, 0.15) is 28.8 Å². The van der Waals surface area contributed by atoms with Crippen LogP contribution in [0.2, 0.25) is 0 Å². The fraction of sp³-hybridized carbons (Fsp3) is 0.350. The molecule has 3 aromatic rings. The second-order valence-corrected chi connectivity index (χ2v) is 9.53. The lowest BCUT2D eigenvalue weighted by molar-refractivity contribution is -0.384. The molecule has 4 rings (SSSR count). The average molecular weight is 599 g/mol. The van der Waals surface area contributed by atoms with E-state index in [1.165, 1.54) is 4.68 Å². The molecule has 0 aliphatic heterocycles. The zero-order valence-corrected chi connectivity index (χ0v) is 20.1. The minimum Gasteiger partial charge on any atom is -0.394 e. The molecule has 2 heterocycles. The number of nitrogens with two attached hydrogens (primary N) is 1. The molecule has 1 aromatic carbocycles. The first-order valence-corrected chi connectivity index (χ1v) is 11.5. The molecule has 11 nitrogen and oxygen atoms in total. The number of hydrogen-bond donors (Lipinski definition) is 2. The van der Waals surface area contributed by atoms with Gasteiger partial charge in [0.05, 0.1) is 22.6 Å². The summed E-state index contributed by atoms with van der Waals surface area (Å²) in [5, 5.41) is 32.0. The van der Waals surface area contributed by atoms with Gasteiger partial charge < -0.3 is 10.8 Å². The number of benzene rings is 1. The van der Waals surface area contributed by atoms with Gasteiger partial charge in [0.2, 0.25) is 11.1 Å². The van der Waals surface area contributed by atoms with Crippen LogP contribution >= 0.6 is 11.8 Å². The van der Waals surface area contributed by atoms with Crippen LogP contribution in [0.25, 0.3) is 11.3 Å². The Labute approximate surface area is 220 Å². The van der Waals surface area contributed by atoms with E-state index >= 15 is 4.39 Å². The van der Waals surface area contributed by atoms with Gasteiger partial charge in [-0.2, -0.15) is 30.7 Å². The van der Waals surface area contributed by atoms with E-state index in [4.69, 9.17) is 5.73 Å². The number of nitro groups is 1. The van der Waals surface area contributed by atoms with Crippen LogP contribution in [0.5, 0.6) is 0 Å². The normalized spacial score (nSPS) is 15.2. The summed E-state index contributed by atoms with van der Waals surface area (Å²) in [6.07, 6.45) is -5.99. The van der Waals surface area contributed by atoms with E-state index in [1.807, 2.05) is 0 Å². The summed E-state index contributed by atoms with van der Waals surface area (Å²) < 4.78 is 109. The van der Waals surface area contributed by atoms with Crippen LogP contribution < -0.4 is 5.73 Å². The SMILES string of the molecule is NC(=O)c1cc([N+](=O)[O-])cc(-c2ncc(C(F)(F)C(F)(F)C(F)(F)F)cc2F)c1Sc1nnnn1C1(CO)CC1. The van der Waals surface area contributed by atoms with Gasteiger partial charge in [0.1, 0.15) is 11.5 Å². The zero-order valence-electron chi connectivity index (χ0n) is 19.3. The Morgan fingerprint density at radius 2 is 1.82 bits per heavy atom. The van der Waals surface area contributed by atoms with Gasteiger partial charge in [0, 0.05) is 34.4 Å². The zero-order chi connectivity index (χ0) is 29.8. The van der Waals surface area contributed by atoms with Crippen LogP contribution in [-0.4, -0.2) is 59.8 Å². The Hall–Kier alpha value is -3.94. The Kier molecular flexibility index (Phi) is 6.98.